The Hall–Kier alpha value is 0.130. The zero-order valence-electron chi connectivity index (χ0n) is 6.39. The van der Waals surface area contributed by atoms with Crippen molar-refractivity contribution < 1.29 is 0 Å². The first-order chi connectivity index (χ1) is 6.18. The van der Waals surface area contributed by atoms with Gasteiger partial charge < -0.3 is 0 Å². The molecule has 0 aliphatic heterocycles. The van der Waals surface area contributed by atoms with E-state index in [1.165, 1.54) is 0 Å². The summed E-state index contributed by atoms with van der Waals surface area (Å²) in [6.07, 6.45) is 1.78. The molecule has 0 saturated heterocycles. The van der Waals surface area contributed by atoms with Crippen LogP contribution in [-0.4, -0.2) is 4.98 Å². The molecule has 66 valence electrons. The highest BCUT2D eigenvalue weighted by molar-refractivity contribution is 14.1. The van der Waals surface area contributed by atoms with E-state index in [9.17, 15) is 0 Å². The van der Waals surface area contributed by atoms with Gasteiger partial charge in [-0.3, -0.25) is 4.98 Å². The standard InChI is InChI=1S/C9H4BrClIN/c10-5-1-2-6-8(3-5)13-4-7(12)9(6)11/h1-4H. The van der Waals surface area contributed by atoms with Crippen LogP contribution >= 0.6 is 50.1 Å². The normalized spacial score (nSPS) is 10.7. The third-order valence-electron chi connectivity index (χ3n) is 1.72. The van der Waals surface area contributed by atoms with Crippen molar-refractivity contribution in [2.45, 2.75) is 0 Å². The molecule has 0 saturated carbocycles. The Labute approximate surface area is 103 Å². The van der Waals surface area contributed by atoms with Crippen LogP contribution < -0.4 is 0 Å². The van der Waals surface area contributed by atoms with Gasteiger partial charge in [-0.1, -0.05) is 33.6 Å². The second kappa shape index (κ2) is 3.71. The highest BCUT2D eigenvalue weighted by Crippen LogP contribution is 2.28. The van der Waals surface area contributed by atoms with E-state index in [0.717, 1.165) is 24.0 Å². The Kier molecular flexibility index (Phi) is 2.76. The molecule has 0 radical (unpaired) electrons. The predicted octanol–water partition coefficient (Wildman–Crippen LogP) is 4.26. The van der Waals surface area contributed by atoms with Gasteiger partial charge in [0.1, 0.15) is 0 Å². The summed E-state index contributed by atoms with van der Waals surface area (Å²) < 4.78 is 2.00. The van der Waals surface area contributed by atoms with Crippen LogP contribution in [0.2, 0.25) is 5.02 Å². The molecule has 0 N–H and O–H groups in total. The first-order valence-electron chi connectivity index (χ1n) is 3.58. The lowest BCUT2D eigenvalue weighted by molar-refractivity contribution is 1.38. The molecule has 0 fully saturated rings. The van der Waals surface area contributed by atoms with Gasteiger partial charge in [-0.05, 0) is 34.7 Å². The average molecular weight is 368 g/mol. The largest absolute Gasteiger partial charge is 0.255 e. The number of hydrogen-bond donors (Lipinski definition) is 0. The number of pyridine rings is 1. The zero-order valence-corrected chi connectivity index (χ0v) is 10.9. The highest BCUT2D eigenvalue weighted by Gasteiger charge is 2.03. The van der Waals surface area contributed by atoms with Crippen molar-refractivity contribution in [2.24, 2.45) is 0 Å². The molecule has 0 bridgehead atoms. The van der Waals surface area contributed by atoms with Crippen molar-refractivity contribution in [2.75, 3.05) is 0 Å². The van der Waals surface area contributed by atoms with Crippen molar-refractivity contribution in [1.29, 1.82) is 0 Å². The van der Waals surface area contributed by atoms with E-state index in [1.54, 1.807) is 6.20 Å². The van der Waals surface area contributed by atoms with E-state index < -0.39 is 0 Å². The molecule has 0 spiro atoms. The summed E-state index contributed by atoms with van der Waals surface area (Å²) in [6.45, 7) is 0. The second-order valence-electron chi connectivity index (χ2n) is 2.58. The number of fused-ring (bicyclic) bond motifs is 1. The molecule has 1 aromatic carbocycles. The molecule has 1 nitrogen and oxygen atoms in total. The van der Waals surface area contributed by atoms with E-state index in [1.807, 2.05) is 18.2 Å². The molecule has 0 unspecified atom stereocenters. The quantitative estimate of drug-likeness (QED) is 0.634. The Balaban J connectivity index is 2.87. The van der Waals surface area contributed by atoms with Gasteiger partial charge in [0.15, 0.2) is 0 Å². The van der Waals surface area contributed by atoms with Gasteiger partial charge in [0, 0.05) is 16.1 Å². The highest BCUT2D eigenvalue weighted by atomic mass is 127. The lowest BCUT2D eigenvalue weighted by atomic mass is 10.2. The number of nitrogens with zero attached hydrogens (tertiary/aromatic N) is 1. The SMILES string of the molecule is Clc1c(I)cnc2cc(Br)ccc12. The van der Waals surface area contributed by atoms with Gasteiger partial charge in [-0.15, -0.1) is 0 Å². The van der Waals surface area contributed by atoms with Gasteiger partial charge >= 0.3 is 0 Å². The third-order valence-corrected chi connectivity index (χ3v) is 3.76. The number of aromatic nitrogens is 1. The first kappa shape index (κ1) is 9.68. The second-order valence-corrected chi connectivity index (χ2v) is 5.04. The van der Waals surface area contributed by atoms with E-state index in [4.69, 9.17) is 11.6 Å². The fraction of sp³-hybridized carbons (Fsp3) is 0. The van der Waals surface area contributed by atoms with E-state index in [-0.39, 0.29) is 0 Å². The summed E-state index contributed by atoms with van der Waals surface area (Å²) >= 11 is 11.7. The molecule has 1 heterocycles. The summed E-state index contributed by atoms with van der Waals surface area (Å²) in [4.78, 5) is 4.28. The third kappa shape index (κ3) is 1.82. The topological polar surface area (TPSA) is 12.9 Å². The molecule has 2 aromatic rings. The zero-order chi connectivity index (χ0) is 9.42. The van der Waals surface area contributed by atoms with Crippen molar-refractivity contribution >= 4 is 61.0 Å². The Morgan fingerprint density at radius 3 is 2.92 bits per heavy atom. The van der Waals surface area contributed by atoms with Crippen LogP contribution in [-0.2, 0) is 0 Å². The lowest BCUT2D eigenvalue weighted by Gasteiger charge is -2.01. The summed E-state index contributed by atoms with van der Waals surface area (Å²) in [7, 11) is 0. The number of rotatable bonds is 0. The van der Waals surface area contributed by atoms with Crippen LogP contribution in [0.5, 0.6) is 0 Å². The Morgan fingerprint density at radius 2 is 2.15 bits per heavy atom. The molecule has 0 atom stereocenters. The fourth-order valence-corrected chi connectivity index (χ4v) is 2.10. The summed E-state index contributed by atoms with van der Waals surface area (Å²) in [5, 5.41) is 1.77. The maximum Gasteiger partial charge on any atom is 0.0729 e. The van der Waals surface area contributed by atoms with Crippen LogP contribution in [0.25, 0.3) is 10.9 Å². The van der Waals surface area contributed by atoms with Gasteiger partial charge in [-0.2, -0.15) is 0 Å². The van der Waals surface area contributed by atoms with Crippen molar-refractivity contribution in [3.63, 3.8) is 0 Å². The maximum atomic E-state index is 6.12. The van der Waals surface area contributed by atoms with Crippen LogP contribution in [0.4, 0.5) is 0 Å². The molecule has 0 amide bonds. The van der Waals surface area contributed by atoms with Crippen molar-refractivity contribution in [3.05, 3.63) is 37.5 Å². The summed E-state index contributed by atoms with van der Waals surface area (Å²) in [6, 6.07) is 5.89. The number of benzene rings is 1. The van der Waals surface area contributed by atoms with E-state index in [2.05, 4.69) is 43.5 Å². The van der Waals surface area contributed by atoms with Gasteiger partial charge in [0.05, 0.1) is 14.1 Å². The van der Waals surface area contributed by atoms with E-state index >= 15 is 0 Å². The van der Waals surface area contributed by atoms with E-state index in [0.29, 0.717) is 0 Å². The molecule has 4 heteroatoms. The molecule has 1 aromatic heterocycles. The minimum absolute atomic E-state index is 0.776. The fourth-order valence-electron chi connectivity index (χ4n) is 1.11. The number of hydrogen-bond acceptors (Lipinski definition) is 1. The predicted molar refractivity (Wildman–Crippen MR) is 67.2 cm³/mol. The van der Waals surface area contributed by atoms with Crippen LogP contribution in [0.15, 0.2) is 28.9 Å². The van der Waals surface area contributed by atoms with Crippen molar-refractivity contribution in [3.8, 4) is 0 Å². The maximum absolute atomic E-state index is 6.12. The minimum atomic E-state index is 0.776. The molecule has 0 aliphatic carbocycles. The molecule has 2 rings (SSSR count). The summed E-state index contributed by atoms with van der Waals surface area (Å²) in [5.41, 5.74) is 0.916. The number of halogens is 3. The van der Waals surface area contributed by atoms with Crippen LogP contribution in [0, 0.1) is 3.57 Å². The Morgan fingerprint density at radius 1 is 1.38 bits per heavy atom. The molecule has 0 aliphatic rings. The van der Waals surface area contributed by atoms with Gasteiger partial charge in [-0.25, -0.2) is 0 Å². The monoisotopic (exact) mass is 367 g/mol. The first-order valence-corrected chi connectivity index (χ1v) is 5.83. The molecular formula is C9H4BrClIN. The smallest absolute Gasteiger partial charge is 0.0729 e. The minimum Gasteiger partial charge on any atom is -0.255 e. The van der Waals surface area contributed by atoms with Crippen LogP contribution in [0.3, 0.4) is 0 Å². The Bertz CT molecular complexity index is 472. The average Bonchev–Trinajstić information content (AvgIpc) is 2.12. The molecular weight excluding hydrogens is 364 g/mol. The molecule has 13 heavy (non-hydrogen) atoms. The van der Waals surface area contributed by atoms with Gasteiger partial charge in [0.25, 0.3) is 0 Å². The van der Waals surface area contributed by atoms with Crippen molar-refractivity contribution in [1.82, 2.24) is 4.98 Å². The summed E-state index contributed by atoms with van der Waals surface area (Å²) in [5.74, 6) is 0. The van der Waals surface area contributed by atoms with Crippen LogP contribution in [0.1, 0.15) is 0 Å². The lowest BCUT2D eigenvalue weighted by Crippen LogP contribution is -1.83. The van der Waals surface area contributed by atoms with Gasteiger partial charge in [0.2, 0.25) is 0 Å².